The molecule has 7 heteroatoms. The molecule has 134 valence electrons. The number of nitrogens with zero attached hydrogens (tertiary/aromatic N) is 3. The Labute approximate surface area is 150 Å². The van der Waals surface area contributed by atoms with Crippen LogP contribution in [0.25, 0.3) is 0 Å². The molecule has 1 fully saturated rings. The molecule has 1 aromatic carbocycles. The maximum absolute atomic E-state index is 9.91. The van der Waals surface area contributed by atoms with Gasteiger partial charge in [-0.25, -0.2) is 4.68 Å². The van der Waals surface area contributed by atoms with E-state index in [-0.39, 0.29) is 17.2 Å². The molecule has 1 aliphatic carbocycles. The van der Waals surface area contributed by atoms with Crippen molar-refractivity contribution in [2.24, 2.45) is 10.1 Å². The fourth-order valence-electron chi connectivity index (χ4n) is 2.94. The van der Waals surface area contributed by atoms with Crippen molar-refractivity contribution in [3.05, 3.63) is 33.1 Å². The maximum Gasteiger partial charge on any atom is 0.206 e. The van der Waals surface area contributed by atoms with Crippen LogP contribution >= 0.6 is 11.3 Å². The van der Waals surface area contributed by atoms with Crippen molar-refractivity contribution in [3.8, 4) is 17.2 Å². The molecule has 1 heterocycles. The molecule has 0 spiro atoms. The number of aromatic hydroxyl groups is 3. The molecule has 0 unspecified atom stereocenters. The SMILES string of the molecule is Cc1s/c(=N\C2CCCCC2)n(/N=C/c2cc(O)c(O)cc2O)c1C. The molecular formula is C18H23N3O3S. The van der Waals surface area contributed by atoms with Gasteiger partial charge >= 0.3 is 0 Å². The Hall–Kier alpha value is -2.28. The van der Waals surface area contributed by atoms with E-state index in [0.717, 1.165) is 34.3 Å². The van der Waals surface area contributed by atoms with Gasteiger partial charge in [0.25, 0.3) is 0 Å². The zero-order valence-corrected chi connectivity index (χ0v) is 15.3. The maximum atomic E-state index is 9.91. The number of rotatable bonds is 3. The molecule has 1 saturated carbocycles. The van der Waals surface area contributed by atoms with Crippen LogP contribution in [-0.2, 0) is 0 Å². The van der Waals surface area contributed by atoms with E-state index in [1.807, 2.05) is 13.8 Å². The summed E-state index contributed by atoms with van der Waals surface area (Å²) in [7, 11) is 0. The van der Waals surface area contributed by atoms with Gasteiger partial charge in [-0.3, -0.25) is 4.99 Å². The number of phenols is 3. The highest BCUT2D eigenvalue weighted by Crippen LogP contribution is 2.31. The highest BCUT2D eigenvalue weighted by molar-refractivity contribution is 7.09. The number of hydrogen-bond donors (Lipinski definition) is 3. The van der Waals surface area contributed by atoms with Crippen molar-refractivity contribution in [1.82, 2.24) is 4.68 Å². The van der Waals surface area contributed by atoms with Gasteiger partial charge in [0.05, 0.1) is 18.0 Å². The predicted octanol–water partition coefficient (Wildman–Crippen LogP) is 3.40. The van der Waals surface area contributed by atoms with Crippen LogP contribution in [0, 0.1) is 13.8 Å². The lowest BCUT2D eigenvalue weighted by Gasteiger charge is -2.16. The van der Waals surface area contributed by atoms with E-state index in [1.165, 1.54) is 31.5 Å². The van der Waals surface area contributed by atoms with Crippen LogP contribution in [0.5, 0.6) is 17.2 Å². The van der Waals surface area contributed by atoms with E-state index < -0.39 is 0 Å². The molecule has 0 radical (unpaired) electrons. The Morgan fingerprint density at radius 2 is 1.72 bits per heavy atom. The van der Waals surface area contributed by atoms with Gasteiger partial charge in [-0.2, -0.15) is 5.10 Å². The van der Waals surface area contributed by atoms with E-state index in [1.54, 1.807) is 16.0 Å². The van der Waals surface area contributed by atoms with Crippen LogP contribution in [0.4, 0.5) is 0 Å². The number of hydrogen-bond acceptors (Lipinski definition) is 6. The summed E-state index contributed by atoms with van der Waals surface area (Å²) < 4.78 is 1.78. The lowest BCUT2D eigenvalue weighted by molar-refractivity contribution is 0.396. The van der Waals surface area contributed by atoms with Crippen LogP contribution in [0.15, 0.2) is 22.2 Å². The number of benzene rings is 1. The molecule has 3 rings (SSSR count). The topological polar surface area (TPSA) is 90.3 Å². The summed E-state index contributed by atoms with van der Waals surface area (Å²) in [6, 6.07) is 2.72. The largest absolute Gasteiger partial charge is 0.507 e. The first kappa shape index (κ1) is 17.5. The van der Waals surface area contributed by atoms with E-state index in [4.69, 9.17) is 4.99 Å². The van der Waals surface area contributed by atoms with Crippen LogP contribution in [0.2, 0.25) is 0 Å². The van der Waals surface area contributed by atoms with Gasteiger partial charge in [-0.05, 0) is 32.8 Å². The summed E-state index contributed by atoms with van der Waals surface area (Å²) in [5.74, 6) is -0.803. The second-order valence-corrected chi connectivity index (χ2v) is 7.58. The fourth-order valence-corrected chi connectivity index (χ4v) is 3.92. The highest BCUT2D eigenvalue weighted by atomic mass is 32.1. The van der Waals surface area contributed by atoms with Gasteiger partial charge in [0.2, 0.25) is 4.80 Å². The standard InChI is InChI=1S/C18H23N3O3S/c1-11-12(2)25-18(20-14-6-4-3-5-7-14)21(11)19-10-13-8-16(23)17(24)9-15(13)22/h8-10,14,22-24H,3-7H2,1-2H3/b19-10+,20-18-. The van der Waals surface area contributed by atoms with E-state index in [9.17, 15) is 15.3 Å². The summed E-state index contributed by atoms with van der Waals surface area (Å²) >= 11 is 1.61. The summed E-state index contributed by atoms with van der Waals surface area (Å²) in [6.07, 6.45) is 7.44. The lowest BCUT2D eigenvalue weighted by Crippen LogP contribution is -2.19. The Kier molecular flexibility index (Phi) is 5.13. The number of aryl methyl sites for hydroxylation is 1. The van der Waals surface area contributed by atoms with Crippen LogP contribution in [-0.4, -0.2) is 32.3 Å². The molecule has 2 aromatic rings. The Bertz CT molecular complexity index is 861. The van der Waals surface area contributed by atoms with Gasteiger partial charge in [-0.15, -0.1) is 11.3 Å². The monoisotopic (exact) mass is 361 g/mol. The molecule has 1 aromatic heterocycles. The first-order chi connectivity index (χ1) is 12.0. The number of aromatic nitrogens is 1. The van der Waals surface area contributed by atoms with E-state index in [2.05, 4.69) is 5.10 Å². The molecule has 0 saturated heterocycles. The van der Waals surface area contributed by atoms with Gasteiger partial charge in [-0.1, -0.05) is 19.3 Å². The molecule has 6 nitrogen and oxygen atoms in total. The summed E-state index contributed by atoms with van der Waals surface area (Å²) in [5, 5.41) is 33.4. The third kappa shape index (κ3) is 3.87. The molecule has 0 amide bonds. The van der Waals surface area contributed by atoms with Crippen molar-refractivity contribution < 1.29 is 15.3 Å². The zero-order chi connectivity index (χ0) is 18.0. The van der Waals surface area contributed by atoms with Gasteiger partial charge < -0.3 is 15.3 Å². The Morgan fingerprint density at radius 1 is 1.04 bits per heavy atom. The van der Waals surface area contributed by atoms with Crippen LogP contribution in [0.1, 0.15) is 48.2 Å². The summed E-state index contributed by atoms with van der Waals surface area (Å²) in [4.78, 5) is 6.87. The summed E-state index contributed by atoms with van der Waals surface area (Å²) in [6.45, 7) is 4.02. The minimum absolute atomic E-state index is 0.143. The predicted molar refractivity (Wildman–Crippen MR) is 98.6 cm³/mol. The molecule has 0 atom stereocenters. The molecule has 3 N–H and O–H groups in total. The Balaban J connectivity index is 1.97. The average Bonchev–Trinajstić information content (AvgIpc) is 2.85. The van der Waals surface area contributed by atoms with Gasteiger partial charge in [0, 0.05) is 16.5 Å². The van der Waals surface area contributed by atoms with Gasteiger partial charge in [0.1, 0.15) is 5.75 Å². The third-order valence-corrected chi connectivity index (χ3v) is 5.62. The molecule has 25 heavy (non-hydrogen) atoms. The zero-order valence-electron chi connectivity index (χ0n) is 14.4. The number of thiazole rings is 1. The van der Waals surface area contributed by atoms with Crippen molar-refractivity contribution >= 4 is 17.6 Å². The first-order valence-electron chi connectivity index (χ1n) is 8.48. The van der Waals surface area contributed by atoms with Crippen molar-refractivity contribution in [1.29, 1.82) is 0 Å². The smallest absolute Gasteiger partial charge is 0.206 e. The van der Waals surface area contributed by atoms with Gasteiger partial charge in [0.15, 0.2) is 11.5 Å². The van der Waals surface area contributed by atoms with E-state index in [0.29, 0.717) is 11.6 Å². The first-order valence-corrected chi connectivity index (χ1v) is 9.29. The van der Waals surface area contributed by atoms with Crippen LogP contribution < -0.4 is 4.80 Å². The molecule has 0 aliphatic heterocycles. The minimum Gasteiger partial charge on any atom is -0.507 e. The fraction of sp³-hybridized carbons (Fsp3) is 0.444. The van der Waals surface area contributed by atoms with Crippen LogP contribution in [0.3, 0.4) is 0 Å². The molecular weight excluding hydrogens is 338 g/mol. The van der Waals surface area contributed by atoms with E-state index >= 15 is 0 Å². The molecule has 0 bridgehead atoms. The quantitative estimate of drug-likeness (QED) is 0.445. The van der Waals surface area contributed by atoms with Crippen molar-refractivity contribution in [2.45, 2.75) is 52.0 Å². The highest BCUT2D eigenvalue weighted by Gasteiger charge is 2.14. The minimum atomic E-state index is -0.363. The lowest BCUT2D eigenvalue weighted by atomic mass is 9.96. The van der Waals surface area contributed by atoms with Crippen molar-refractivity contribution in [2.75, 3.05) is 0 Å². The second kappa shape index (κ2) is 7.31. The second-order valence-electron chi connectivity index (χ2n) is 6.40. The summed E-state index contributed by atoms with van der Waals surface area (Å²) in [5.41, 5.74) is 1.33. The number of phenolic OH excluding ortho intramolecular Hbond substituents is 3. The Morgan fingerprint density at radius 3 is 2.44 bits per heavy atom. The average molecular weight is 361 g/mol. The van der Waals surface area contributed by atoms with Crippen molar-refractivity contribution in [3.63, 3.8) is 0 Å². The third-order valence-electron chi connectivity index (χ3n) is 4.56. The molecule has 1 aliphatic rings. The normalized spacial score (nSPS) is 16.8.